The lowest BCUT2D eigenvalue weighted by molar-refractivity contribution is -0.0258. The van der Waals surface area contributed by atoms with Crippen molar-refractivity contribution in [2.45, 2.75) is 51.7 Å². The van der Waals surface area contributed by atoms with E-state index in [-0.39, 0.29) is 11.7 Å². The summed E-state index contributed by atoms with van der Waals surface area (Å²) in [6, 6.07) is 10.3. The summed E-state index contributed by atoms with van der Waals surface area (Å²) < 4.78 is 11.5. The number of hydrogen-bond donors (Lipinski definition) is 0. The van der Waals surface area contributed by atoms with Gasteiger partial charge in [-0.15, -0.1) is 0 Å². The van der Waals surface area contributed by atoms with Crippen molar-refractivity contribution in [1.29, 1.82) is 0 Å². The highest BCUT2D eigenvalue weighted by molar-refractivity contribution is 5.68. The molecule has 1 heterocycles. The highest BCUT2D eigenvalue weighted by Gasteiger charge is 2.38. The summed E-state index contributed by atoms with van der Waals surface area (Å²) in [6.45, 7) is 9.68. The predicted molar refractivity (Wildman–Crippen MR) is 86.9 cm³/mol. The quantitative estimate of drug-likeness (QED) is 0.852. The molecule has 4 nitrogen and oxygen atoms in total. The van der Waals surface area contributed by atoms with Crippen LogP contribution in [0.2, 0.25) is 0 Å². The van der Waals surface area contributed by atoms with Crippen LogP contribution in [0.25, 0.3) is 0 Å². The predicted octanol–water partition coefficient (Wildman–Crippen LogP) is 3.65. The third kappa shape index (κ3) is 5.02. The molecule has 1 aromatic rings. The smallest absolute Gasteiger partial charge is 0.410 e. The lowest BCUT2D eigenvalue weighted by atomic mass is 10.1. The van der Waals surface area contributed by atoms with Crippen molar-refractivity contribution in [3.05, 3.63) is 35.9 Å². The molecule has 0 aromatic heterocycles. The Balaban J connectivity index is 1.79. The standard InChI is InChI=1S/C18H27NO3/c1-17(2,3)22-16(20)19-12-11-18(4,14-19)21-13-10-15-8-6-5-7-9-15/h5-9H,10-14H2,1-4H3. The first-order valence-electron chi connectivity index (χ1n) is 7.93. The number of carbonyl (C=O) groups is 1. The number of ether oxygens (including phenoxy) is 2. The van der Waals surface area contributed by atoms with Gasteiger partial charge in [0.1, 0.15) is 5.60 Å². The zero-order chi connectivity index (χ0) is 16.2. The van der Waals surface area contributed by atoms with Crippen LogP contribution in [0, 0.1) is 0 Å². The molecule has 0 N–H and O–H groups in total. The van der Waals surface area contributed by atoms with Crippen LogP contribution >= 0.6 is 0 Å². The first-order chi connectivity index (χ1) is 10.3. The average molecular weight is 305 g/mol. The summed E-state index contributed by atoms with van der Waals surface area (Å²) in [6.07, 6.45) is 1.49. The minimum absolute atomic E-state index is 0.247. The van der Waals surface area contributed by atoms with Crippen LogP contribution in [0.1, 0.15) is 39.7 Å². The third-order valence-corrected chi connectivity index (χ3v) is 3.77. The van der Waals surface area contributed by atoms with Crippen molar-refractivity contribution in [3.8, 4) is 0 Å². The molecule has 122 valence electrons. The molecule has 0 radical (unpaired) electrons. The maximum atomic E-state index is 12.1. The molecule has 1 aliphatic rings. The summed E-state index contributed by atoms with van der Waals surface area (Å²) in [5.41, 5.74) is 0.545. The number of rotatable bonds is 4. The van der Waals surface area contributed by atoms with Crippen molar-refractivity contribution >= 4 is 6.09 Å². The van der Waals surface area contributed by atoms with E-state index in [1.807, 2.05) is 39.0 Å². The largest absolute Gasteiger partial charge is 0.444 e. The van der Waals surface area contributed by atoms with E-state index in [0.29, 0.717) is 19.7 Å². The van der Waals surface area contributed by atoms with Gasteiger partial charge >= 0.3 is 6.09 Å². The Morgan fingerprint density at radius 2 is 1.95 bits per heavy atom. The Morgan fingerprint density at radius 1 is 1.27 bits per heavy atom. The van der Waals surface area contributed by atoms with Crippen LogP contribution in [0.15, 0.2) is 30.3 Å². The minimum atomic E-state index is -0.454. The maximum Gasteiger partial charge on any atom is 0.410 e. The molecule has 2 rings (SSSR count). The second-order valence-electron chi connectivity index (χ2n) is 7.19. The topological polar surface area (TPSA) is 38.8 Å². The highest BCUT2D eigenvalue weighted by Crippen LogP contribution is 2.26. The van der Waals surface area contributed by atoms with Crippen molar-refractivity contribution < 1.29 is 14.3 Å². The van der Waals surface area contributed by atoms with Gasteiger partial charge in [0.25, 0.3) is 0 Å². The van der Waals surface area contributed by atoms with Crippen LogP contribution < -0.4 is 0 Å². The number of hydrogen-bond acceptors (Lipinski definition) is 3. The fraction of sp³-hybridized carbons (Fsp3) is 0.611. The van der Waals surface area contributed by atoms with Gasteiger partial charge in [-0.05, 0) is 46.1 Å². The fourth-order valence-electron chi connectivity index (χ4n) is 2.59. The molecular formula is C18H27NO3. The van der Waals surface area contributed by atoms with Crippen LogP contribution in [-0.4, -0.2) is 41.9 Å². The number of amides is 1. The fourth-order valence-corrected chi connectivity index (χ4v) is 2.59. The van der Waals surface area contributed by atoms with Crippen molar-refractivity contribution in [3.63, 3.8) is 0 Å². The van der Waals surface area contributed by atoms with Gasteiger partial charge in [-0.25, -0.2) is 4.79 Å². The zero-order valence-electron chi connectivity index (χ0n) is 14.1. The van der Waals surface area contributed by atoms with Gasteiger partial charge in [-0.2, -0.15) is 0 Å². The van der Waals surface area contributed by atoms with Gasteiger partial charge in [0.05, 0.1) is 18.8 Å². The van der Waals surface area contributed by atoms with E-state index in [4.69, 9.17) is 9.47 Å². The van der Waals surface area contributed by atoms with E-state index < -0.39 is 5.60 Å². The molecule has 1 aromatic carbocycles. The van der Waals surface area contributed by atoms with E-state index in [1.165, 1.54) is 5.56 Å². The molecular weight excluding hydrogens is 278 g/mol. The molecule has 1 saturated heterocycles. The summed E-state index contributed by atoms with van der Waals surface area (Å²) in [4.78, 5) is 13.8. The van der Waals surface area contributed by atoms with Crippen molar-refractivity contribution in [2.75, 3.05) is 19.7 Å². The Labute approximate surface area is 133 Å². The molecule has 0 saturated carbocycles. The van der Waals surface area contributed by atoms with Gasteiger partial charge < -0.3 is 14.4 Å². The van der Waals surface area contributed by atoms with E-state index in [2.05, 4.69) is 19.1 Å². The Hall–Kier alpha value is -1.55. The molecule has 0 bridgehead atoms. The Bertz CT molecular complexity index is 495. The second-order valence-corrected chi connectivity index (χ2v) is 7.19. The van der Waals surface area contributed by atoms with Crippen LogP contribution in [-0.2, 0) is 15.9 Å². The number of likely N-dealkylation sites (tertiary alicyclic amines) is 1. The van der Waals surface area contributed by atoms with Gasteiger partial charge in [0.2, 0.25) is 0 Å². The maximum absolute atomic E-state index is 12.1. The van der Waals surface area contributed by atoms with E-state index in [0.717, 1.165) is 12.8 Å². The highest BCUT2D eigenvalue weighted by atomic mass is 16.6. The number of carbonyl (C=O) groups excluding carboxylic acids is 1. The van der Waals surface area contributed by atoms with E-state index in [1.54, 1.807) is 4.90 Å². The molecule has 1 amide bonds. The Morgan fingerprint density at radius 3 is 2.59 bits per heavy atom. The molecule has 0 aliphatic carbocycles. The molecule has 22 heavy (non-hydrogen) atoms. The molecule has 1 aliphatic heterocycles. The Kier molecular flexibility index (Phi) is 5.12. The van der Waals surface area contributed by atoms with Crippen LogP contribution in [0.5, 0.6) is 0 Å². The number of benzene rings is 1. The lowest BCUT2D eigenvalue weighted by Gasteiger charge is -2.27. The first kappa shape index (κ1) is 16.8. The van der Waals surface area contributed by atoms with Gasteiger partial charge in [0.15, 0.2) is 0 Å². The molecule has 1 unspecified atom stereocenters. The first-order valence-corrected chi connectivity index (χ1v) is 7.93. The van der Waals surface area contributed by atoms with Gasteiger partial charge in [-0.1, -0.05) is 30.3 Å². The van der Waals surface area contributed by atoms with Crippen LogP contribution in [0.3, 0.4) is 0 Å². The minimum Gasteiger partial charge on any atom is -0.444 e. The van der Waals surface area contributed by atoms with Gasteiger partial charge in [-0.3, -0.25) is 0 Å². The van der Waals surface area contributed by atoms with Gasteiger partial charge in [0, 0.05) is 6.54 Å². The summed E-state index contributed by atoms with van der Waals surface area (Å²) in [7, 11) is 0. The monoisotopic (exact) mass is 305 g/mol. The summed E-state index contributed by atoms with van der Waals surface area (Å²) >= 11 is 0. The van der Waals surface area contributed by atoms with Crippen molar-refractivity contribution in [1.82, 2.24) is 4.90 Å². The lowest BCUT2D eigenvalue weighted by Crippen LogP contribution is -2.39. The van der Waals surface area contributed by atoms with E-state index in [9.17, 15) is 4.79 Å². The zero-order valence-corrected chi connectivity index (χ0v) is 14.1. The normalized spacial score (nSPS) is 21.9. The summed E-state index contributed by atoms with van der Waals surface area (Å²) in [5.74, 6) is 0. The summed E-state index contributed by atoms with van der Waals surface area (Å²) in [5, 5.41) is 0. The molecule has 4 heteroatoms. The molecule has 1 fully saturated rings. The van der Waals surface area contributed by atoms with Crippen molar-refractivity contribution in [2.24, 2.45) is 0 Å². The van der Waals surface area contributed by atoms with Crippen LogP contribution in [0.4, 0.5) is 4.79 Å². The van der Waals surface area contributed by atoms with E-state index >= 15 is 0 Å². The molecule has 0 spiro atoms. The second kappa shape index (κ2) is 6.69. The molecule has 1 atom stereocenters. The SMILES string of the molecule is CC(C)(C)OC(=O)N1CCC(C)(OCCc2ccccc2)C1. The third-order valence-electron chi connectivity index (χ3n) is 3.77. The average Bonchev–Trinajstić information content (AvgIpc) is 2.81. The number of nitrogens with zero attached hydrogens (tertiary/aromatic N) is 1.